The Labute approximate surface area is 248 Å². The van der Waals surface area contributed by atoms with E-state index in [1.54, 1.807) is 0 Å². The van der Waals surface area contributed by atoms with Crippen molar-refractivity contribution in [2.45, 2.75) is 38.9 Å². The molecule has 8 rings (SSSR count). The first-order valence-corrected chi connectivity index (χ1v) is 14.8. The van der Waals surface area contributed by atoms with E-state index in [1.165, 1.54) is 27.8 Å². The minimum absolute atomic E-state index is 0.0923. The van der Waals surface area contributed by atoms with Gasteiger partial charge in [-0.25, -0.2) is 0 Å². The molecule has 5 aromatic carbocycles. The molecule has 0 aromatic heterocycles. The lowest BCUT2D eigenvalue weighted by Gasteiger charge is -2.44. The van der Waals surface area contributed by atoms with Crippen molar-refractivity contribution < 1.29 is 9.31 Å². The average Bonchev–Trinajstić information content (AvgIpc) is 3.23. The molecular formula is C36H32B2N2O2. The molecule has 3 aliphatic heterocycles. The minimum atomic E-state index is -0.486. The van der Waals surface area contributed by atoms with Crippen molar-refractivity contribution in [3.8, 4) is 0 Å². The summed E-state index contributed by atoms with van der Waals surface area (Å²) >= 11 is 0. The highest BCUT2D eigenvalue weighted by Crippen LogP contribution is 2.44. The van der Waals surface area contributed by atoms with Crippen LogP contribution >= 0.6 is 0 Å². The van der Waals surface area contributed by atoms with Gasteiger partial charge in [-0.15, -0.1) is 0 Å². The van der Waals surface area contributed by atoms with Crippen molar-refractivity contribution in [2.24, 2.45) is 0 Å². The van der Waals surface area contributed by atoms with Crippen LogP contribution in [0.1, 0.15) is 27.7 Å². The predicted molar refractivity (Wildman–Crippen MR) is 176 cm³/mol. The number of hydrogen-bond acceptors (Lipinski definition) is 4. The summed E-state index contributed by atoms with van der Waals surface area (Å²) in [6.07, 6.45) is 0. The Balaban J connectivity index is 1.46. The second-order valence-electron chi connectivity index (χ2n) is 12.5. The summed E-state index contributed by atoms with van der Waals surface area (Å²) in [7, 11) is -0.486. The maximum absolute atomic E-state index is 6.65. The van der Waals surface area contributed by atoms with Gasteiger partial charge < -0.3 is 19.1 Å². The second kappa shape index (κ2) is 9.12. The summed E-state index contributed by atoms with van der Waals surface area (Å²) in [5.41, 5.74) is 11.0. The highest BCUT2D eigenvalue weighted by Gasteiger charge is 2.53. The minimum Gasteiger partial charge on any atom is -0.399 e. The number of hydrogen-bond donors (Lipinski definition) is 0. The lowest BCUT2D eigenvalue weighted by atomic mass is 9.33. The highest BCUT2D eigenvalue weighted by atomic mass is 16.7. The van der Waals surface area contributed by atoms with Crippen molar-refractivity contribution in [1.29, 1.82) is 0 Å². The molecule has 0 bridgehead atoms. The van der Waals surface area contributed by atoms with Crippen LogP contribution in [-0.2, 0) is 9.31 Å². The summed E-state index contributed by atoms with van der Waals surface area (Å²) in [5, 5.41) is 0. The number of anilines is 6. The molecule has 0 N–H and O–H groups in total. The van der Waals surface area contributed by atoms with E-state index in [-0.39, 0.29) is 6.71 Å². The molecule has 42 heavy (non-hydrogen) atoms. The van der Waals surface area contributed by atoms with E-state index in [2.05, 4.69) is 159 Å². The summed E-state index contributed by atoms with van der Waals surface area (Å²) in [6.45, 7) is 8.55. The van der Waals surface area contributed by atoms with Gasteiger partial charge in [-0.3, -0.25) is 0 Å². The van der Waals surface area contributed by atoms with E-state index in [1.807, 2.05) is 0 Å². The van der Waals surface area contributed by atoms with Crippen LogP contribution in [0.15, 0.2) is 121 Å². The normalized spacial score (nSPS) is 17.5. The quantitative estimate of drug-likeness (QED) is 0.252. The maximum Gasteiger partial charge on any atom is 0.494 e. The highest BCUT2D eigenvalue weighted by molar-refractivity contribution is 7.00. The van der Waals surface area contributed by atoms with Crippen LogP contribution in [0.4, 0.5) is 34.1 Å². The Kier molecular flexibility index (Phi) is 5.53. The molecule has 5 aromatic rings. The Morgan fingerprint density at radius 2 is 0.905 bits per heavy atom. The summed E-state index contributed by atoms with van der Waals surface area (Å²) in [5.74, 6) is 0. The fourth-order valence-corrected chi connectivity index (χ4v) is 6.74. The standard InChI is InChI=1S/C36H32B2N2O2/c1-35(2)36(3,4)42-38(41-35)25-23-32-34-33(24-25)40(27-17-9-6-10-18-27)31-22-14-12-20-29(31)37(34)28-19-11-13-21-30(28)39(32)26-15-7-5-8-16-26/h5-24H,1-4H3. The van der Waals surface area contributed by atoms with Gasteiger partial charge in [0.05, 0.1) is 11.2 Å². The van der Waals surface area contributed by atoms with E-state index in [9.17, 15) is 0 Å². The van der Waals surface area contributed by atoms with Crippen molar-refractivity contribution in [2.75, 3.05) is 9.80 Å². The van der Waals surface area contributed by atoms with E-state index in [0.29, 0.717) is 0 Å². The third kappa shape index (κ3) is 3.65. The van der Waals surface area contributed by atoms with Gasteiger partial charge in [0, 0.05) is 34.1 Å². The topological polar surface area (TPSA) is 24.9 Å². The van der Waals surface area contributed by atoms with Crippen LogP contribution < -0.4 is 31.7 Å². The molecule has 1 fully saturated rings. The van der Waals surface area contributed by atoms with Crippen LogP contribution in [0.5, 0.6) is 0 Å². The lowest BCUT2D eigenvalue weighted by Crippen LogP contribution is -2.62. The number of nitrogens with zero attached hydrogens (tertiary/aromatic N) is 2. The van der Waals surface area contributed by atoms with E-state index < -0.39 is 18.3 Å². The zero-order chi connectivity index (χ0) is 28.6. The molecule has 0 amide bonds. The van der Waals surface area contributed by atoms with Crippen LogP contribution in [-0.4, -0.2) is 25.0 Å². The van der Waals surface area contributed by atoms with E-state index >= 15 is 0 Å². The number of rotatable bonds is 3. The second-order valence-corrected chi connectivity index (χ2v) is 12.5. The van der Waals surface area contributed by atoms with Crippen molar-refractivity contribution in [3.63, 3.8) is 0 Å². The number of benzene rings is 5. The molecule has 0 unspecified atom stereocenters. The Bertz CT molecular complexity index is 1700. The fraction of sp³-hybridized carbons (Fsp3) is 0.167. The van der Waals surface area contributed by atoms with Gasteiger partial charge in [0.25, 0.3) is 6.71 Å². The SMILES string of the molecule is CC1(C)OB(c2cc3c4c(c2)N(c2ccccc2)c2ccccc2B4c2ccccc2N3c2ccccc2)OC1(C)C. The van der Waals surface area contributed by atoms with Gasteiger partial charge in [-0.2, -0.15) is 0 Å². The molecule has 0 saturated carbocycles. The number of para-hydroxylation sites is 4. The molecule has 0 spiro atoms. The largest absolute Gasteiger partial charge is 0.494 e. The molecular weight excluding hydrogens is 514 g/mol. The first kappa shape index (κ1) is 25.5. The van der Waals surface area contributed by atoms with E-state index in [0.717, 1.165) is 28.2 Å². The third-order valence-corrected chi connectivity index (χ3v) is 9.46. The molecule has 0 aliphatic carbocycles. The molecule has 0 radical (unpaired) electrons. The Hall–Kier alpha value is -4.25. The fourth-order valence-electron chi connectivity index (χ4n) is 6.74. The van der Waals surface area contributed by atoms with Crippen molar-refractivity contribution in [1.82, 2.24) is 0 Å². The van der Waals surface area contributed by atoms with Gasteiger partial charge in [-0.1, -0.05) is 72.8 Å². The molecule has 204 valence electrons. The van der Waals surface area contributed by atoms with Crippen LogP contribution in [0, 0.1) is 0 Å². The number of fused-ring (bicyclic) bond motifs is 4. The maximum atomic E-state index is 6.65. The Morgan fingerprint density at radius 1 is 0.500 bits per heavy atom. The molecule has 3 aliphatic rings. The molecule has 4 nitrogen and oxygen atoms in total. The first-order chi connectivity index (χ1) is 20.3. The van der Waals surface area contributed by atoms with Gasteiger partial charge in [-0.05, 0) is 98.1 Å². The zero-order valence-electron chi connectivity index (χ0n) is 24.4. The smallest absolute Gasteiger partial charge is 0.399 e. The summed E-state index contributed by atoms with van der Waals surface area (Å²) in [4.78, 5) is 4.83. The van der Waals surface area contributed by atoms with E-state index in [4.69, 9.17) is 9.31 Å². The van der Waals surface area contributed by atoms with Crippen LogP contribution in [0.25, 0.3) is 0 Å². The summed E-state index contributed by atoms with van der Waals surface area (Å²) in [6, 6.07) is 43.7. The van der Waals surface area contributed by atoms with Gasteiger partial charge in [0.1, 0.15) is 0 Å². The predicted octanol–water partition coefficient (Wildman–Crippen LogP) is 6.07. The van der Waals surface area contributed by atoms with Gasteiger partial charge in [0.15, 0.2) is 0 Å². The van der Waals surface area contributed by atoms with Crippen LogP contribution in [0.2, 0.25) is 0 Å². The third-order valence-electron chi connectivity index (χ3n) is 9.46. The first-order valence-electron chi connectivity index (χ1n) is 14.8. The van der Waals surface area contributed by atoms with Crippen molar-refractivity contribution >= 4 is 69.8 Å². The Morgan fingerprint density at radius 3 is 1.36 bits per heavy atom. The summed E-state index contributed by atoms with van der Waals surface area (Å²) < 4.78 is 13.3. The lowest BCUT2D eigenvalue weighted by molar-refractivity contribution is 0.00578. The zero-order valence-corrected chi connectivity index (χ0v) is 24.4. The molecule has 0 atom stereocenters. The van der Waals surface area contributed by atoms with Gasteiger partial charge in [0.2, 0.25) is 0 Å². The van der Waals surface area contributed by atoms with Gasteiger partial charge >= 0.3 is 7.12 Å². The monoisotopic (exact) mass is 546 g/mol. The average molecular weight is 546 g/mol. The molecule has 3 heterocycles. The van der Waals surface area contributed by atoms with Crippen molar-refractivity contribution in [3.05, 3.63) is 121 Å². The molecule has 6 heteroatoms. The van der Waals surface area contributed by atoms with Crippen LogP contribution in [0.3, 0.4) is 0 Å². The molecule has 1 saturated heterocycles.